The van der Waals surface area contributed by atoms with Crippen LogP contribution in [0.2, 0.25) is 19.1 Å². The Kier molecular flexibility index (Phi) is 3.73. The van der Waals surface area contributed by atoms with E-state index >= 15 is 0 Å². The minimum Gasteiger partial charge on any atom is -0.315 e. The summed E-state index contributed by atoms with van der Waals surface area (Å²) in [7, 11) is -5.15. The number of hydrogen-bond acceptors (Lipinski definition) is 3. The molecule has 0 unspecified atom stereocenters. The summed E-state index contributed by atoms with van der Waals surface area (Å²) in [5, 5.41) is 0. The van der Waals surface area contributed by atoms with Crippen LogP contribution in [-0.4, -0.2) is 22.5 Å². The van der Waals surface area contributed by atoms with Gasteiger partial charge < -0.3 is 3.87 Å². The quantitative estimate of drug-likeness (QED) is 0.641. The van der Waals surface area contributed by atoms with Gasteiger partial charge in [0.25, 0.3) is 10.1 Å². The lowest BCUT2D eigenvalue weighted by atomic mass is 11.0. The van der Waals surface area contributed by atoms with Crippen molar-refractivity contribution in [3.05, 3.63) is 0 Å². The molecular formula is C6H16O3SSi. The zero-order valence-corrected chi connectivity index (χ0v) is 9.36. The topological polar surface area (TPSA) is 43.4 Å². The molecule has 11 heavy (non-hydrogen) atoms. The van der Waals surface area contributed by atoms with Crippen LogP contribution in [0.4, 0.5) is 0 Å². The summed E-state index contributed by atoms with van der Waals surface area (Å²) < 4.78 is 27.0. The fraction of sp³-hybridized carbons (Fsp3) is 1.00. The molecule has 68 valence electrons. The minimum atomic E-state index is -3.23. The Bertz CT molecular complexity index is 208. The highest BCUT2D eigenvalue weighted by Gasteiger charge is 2.26. The van der Waals surface area contributed by atoms with E-state index in [9.17, 15) is 8.42 Å². The Labute approximate surface area is 70.0 Å². The Morgan fingerprint density at radius 2 is 1.73 bits per heavy atom. The molecule has 0 saturated carbocycles. The van der Waals surface area contributed by atoms with Crippen LogP contribution >= 0.6 is 0 Å². The fourth-order valence-electron chi connectivity index (χ4n) is 0.462. The summed E-state index contributed by atoms with van der Waals surface area (Å²) >= 11 is 0. The molecule has 0 rings (SSSR count). The van der Waals surface area contributed by atoms with Gasteiger partial charge in [-0.15, -0.1) is 0 Å². The van der Waals surface area contributed by atoms with Crippen molar-refractivity contribution in [1.29, 1.82) is 0 Å². The molecule has 0 aliphatic carbocycles. The smallest absolute Gasteiger partial charge is 0.257 e. The van der Waals surface area contributed by atoms with E-state index in [1.165, 1.54) is 0 Å². The van der Waals surface area contributed by atoms with E-state index in [4.69, 9.17) is 3.87 Å². The largest absolute Gasteiger partial charge is 0.315 e. The molecule has 0 radical (unpaired) electrons. The molecule has 0 aromatic heterocycles. The third kappa shape index (κ3) is 4.55. The fourth-order valence-corrected chi connectivity index (χ4v) is 4.15. The van der Waals surface area contributed by atoms with Crippen molar-refractivity contribution in [3.8, 4) is 0 Å². The van der Waals surface area contributed by atoms with Gasteiger partial charge in [0.15, 0.2) is 0 Å². The zero-order valence-electron chi connectivity index (χ0n) is 7.55. The predicted octanol–water partition coefficient (Wildman–Crippen LogP) is 1.58. The Morgan fingerprint density at radius 1 is 1.27 bits per heavy atom. The molecule has 0 aliphatic heterocycles. The van der Waals surface area contributed by atoms with E-state index in [1.54, 1.807) is 6.92 Å². The second-order valence-electron chi connectivity index (χ2n) is 3.04. The van der Waals surface area contributed by atoms with Crippen molar-refractivity contribution >= 4 is 18.4 Å². The average Bonchev–Trinajstić information content (AvgIpc) is 1.86. The molecule has 0 aliphatic rings. The molecule has 0 N–H and O–H groups in total. The molecule has 0 saturated heterocycles. The predicted molar refractivity (Wildman–Crippen MR) is 48.5 cm³/mol. The van der Waals surface area contributed by atoms with Gasteiger partial charge in [0.2, 0.25) is 8.32 Å². The van der Waals surface area contributed by atoms with Crippen molar-refractivity contribution in [3.63, 3.8) is 0 Å². The molecule has 0 atom stereocenters. The van der Waals surface area contributed by atoms with Crippen molar-refractivity contribution in [2.24, 2.45) is 0 Å². The summed E-state index contributed by atoms with van der Waals surface area (Å²) in [6.45, 7) is 7.35. The molecule has 0 aromatic carbocycles. The van der Waals surface area contributed by atoms with Gasteiger partial charge in [-0.1, -0.05) is 6.92 Å². The van der Waals surface area contributed by atoms with Crippen LogP contribution in [0.1, 0.15) is 13.8 Å². The van der Waals surface area contributed by atoms with Crippen molar-refractivity contribution < 1.29 is 12.3 Å². The van der Waals surface area contributed by atoms with Gasteiger partial charge in [-0.05, 0) is 26.1 Å². The highest BCUT2D eigenvalue weighted by Crippen LogP contribution is 2.13. The second-order valence-corrected chi connectivity index (χ2v) is 9.63. The lowest BCUT2D eigenvalue weighted by molar-refractivity contribution is 0.484. The van der Waals surface area contributed by atoms with Gasteiger partial charge in [0.05, 0.1) is 5.75 Å². The maximum Gasteiger partial charge on any atom is 0.257 e. The van der Waals surface area contributed by atoms with Crippen LogP contribution < -0.4 is 0 Å². The zero-order chi connectivity index (χ0) is 9.12. The van der Waals surface area contributed by atoms with Gasteiger partial charge in [0, 0.05) is 0 Å². The Balaban J connectivity index is 4.26. The van der Waals surface area contributed by atoms with E-state index in [1.807, 2.05) is 20.0 Å². The Morgan fingerprint density at radius 3 is 2.00 bits per heavy atom. The molecule has 5 heteroatoms. The highest BCUT2D eigenvalue weighted by molar-refractivity contribution is 7.87. The van der Waals surface area contributed by atoms with E-state index in [0.29, 0.717) is 0 Å². The molecule has 0 bridgehead atoms. The SMILES string of the molecule is CC[Si](C)(C)OS(=O)(=O)CC. The summed E-state index contributed by atoms with van der Waals surface area (Å²) in [5.41, 5.74) is 0. The lowest BCUT2D eigenvalue weighted by Gasteiger charge is -2.19. The molecule has 0 amide bonds. The van der Waals surface area contributed by atoms with Gasteiger partial charge in [0.1, 0.15) is 0 Å². The average molecular weight is 196 g/mol. The van der Waals surface area contributed by atoms with Crippen molar-refractivity contribution in [2.45, 2.75) is 33.0 Å². The van der Waals surface area contributed by atoms with E-state index < -0.39 is 18.4 Å². The van der Waals surface area contributed by atoms with Gasteiger partial charge in [-0.25, -0.2) is 8.42 Å². The monoisotopic (exact) mass is 196 g/mol. The molecule has 3 nitrogen and oxygen atoms in total. The first-order valence-corrected chi connectivity index (χ1v) is 8.45. The first-order valence-electron chi connectivity index (χ1n) is 3.76. The highest BCUT2D eigenvalue weighted by atomic mass is 32.2. The molecule has 0 heterocycles. The second kappa shape index (κ2) is 3.69. The standard InChI is InChI=1S/C6H16O3SSi/c1-5-10(7,8)9-11(3,4)6-2/h5-6H2,1-4H3. The Hall–Kier alpha value is 0.127. The lowest BCUT2D eigenvalue weighted by Crippen LogP contribution is -2.32. The normalized spacial score (nSPS) is 13.5. The maximum atomic E-state index is 11.0. The van der Waals surface area contributed by atoms with Gasteiger partial charge in [-0.2, -0.15) is 0 Å². The maximum absolute atomic E-state index is 11.0. The van der Waals surface area contributed by atoms with Crippen LogP contribution in [-0.2, 0) is 14.0 Å². The van der Waals surface area contributed by atoms with E-state index in [-0.39, 0.29) is 5.75 Å². The molecule has 0 aromatic rings. The van der Waals surface area contributed by atoms with E-state index in [0.717, 1.165) is 6.04 Å². The third-order valence-electron chi connectivity index (χ3n) is 1.56. The summed E-state index contributed by atoms with van der Waals surface area (Å²) in [4.78, 5) is 0. The first kappa shape index (κ1) is 11.1. The van der Waals surface area contributed by atoms with Crippen LogP contribution in [0, 0.1) is 0 Å². The third-order valence-corrected chi connectivity index (χ3v) is 6.79. The first-order chi connectivity index (χ1) is 4.83. The molecule has 0 fully saturated rings. The minimum absolute atomic E-state index is 0.0728. The van der Waals surface area contributed by atoms with Gasteiger partial charge >= 0.3 is 0 Å². The summed E-state index contributed by atoms with van der Waals surface area (Å²) in [6, 6.07) is 0.826. The number of hydrogen-bond donors (Lipinski definition) is 0. The van der Waals surface area contributed by atoms with Crippen LogP contribution in [0.3, 0.4) is 0 Å². The summed E-state index contributed by atoms with van der Waals surface area (Å²) in [6.07, 6.45) is 0. The van der Waals surface area contributed by atoms with Crippen LogP contribution in [0.25, 0.3) is 0 Å². The van der Waals surface area contributed by atoms with E-state index in [2.05, 4.69) is 0 Å². The van der Waals surface area contributed by atoms with Crippen LogP contribution in [0.15, 0.2) is 0 Å². The van der Waals surface area contributed by atoms with Gasteiger partial charge in [-0.3, -0.25) is 0 Å². The van der Waals surface area contributed by atoms with Crippen molar-refractivity contribution in [2.75, 3.05) is 5.75 Å². The van der Waals surface area contributed by atoms with Crippen LogP contribution in [0.5, 0.6) is 0 Å². The molecular weight excluding hydrogens is 180 g/mol. The van der Waals surface area contributed by atoms with Crippen molar-refractivity contribution in [1.82, 2.24) is 0 Å². The number of rotatable bonds is 4. The molecule has 0 spiro atoms. The summed E-state index contributed by atoms with van der Waals surface area (Å²) in [5.74, 6) is 0.0728.